The summed E-state index contributed by atoms with van der Waals surface area (Å²) in [5.41, 5.74) is 0. The normalized spacial score (nSPS) is 13.8. The zero-order valence-electron chi connectivity index (χ0n) is 30.9. The Balaban J connectivity index is 4.06. The topological polar surface area (TPSA) is 108 Å². The van der Waals surface area contributed by atoms with Crippen LogP contribution in [0.4, 0.5) is 0 Å². The van der Waals surface area contributed by atoms with Crippen LogP contribution in [0.1, 0.15) is 174 Å². The molecular formula is C39H71O8P. The minimum Gasteiger partial charge on any atom is -0.462 e. The number of allylic oxidation sites excluding steroid dienone is 6. The molecule has 0 rings (SSSR count). The zero-order valence-corrected chi connectivity index (χ0v) is 31.8. The molecule has 0 saturated carbocycles. The lowest BCUT2D eigenvalue weighted by Gasteiger charge is -2.19. The summed E-state index contributed by atoms with van der Waals surface area (Å²) in [5.74, 6) is -0.814. The third-order valence-corrected chi connectivity index (χ3v) is 9.09. The van der Waals surface area contributed by atoms with Crippen molar-refractivity contribution in [3.05, 3.63) is 36.5 Å². The molecule has 0 bridgehead atoms. The van der Waals surface area contributed by atoms with E-state index in [2.05, 4.69) is 54.8 Å². The third kappa shape index (κ3) is 34.1. The Labute approximate surface area is 294 Å². The first-order valence-corrected chi connectivity index (χ1v) is 20.7. The molecule has 0 heterocycles. The summed E-state index contributed by atoms with van der Waals surface area (Å²) in [4.78, 5) is 34.3. The fourth-order valence-electron chi connectivity index (χ4n) is 5.20. The highest BCUT2D eigenvalue weighted by Gasteiger charge is 2.24. The first-order chi connectivity index (χ1) is 23.3. The molecule has 0 aliphatic heterocycles. The van der Waals surface area contributed by atoms with Gasteiger partial charge in [-0.3, -0.25) is 18.6 Å². The molecule has 9 heteroatoms. The number of esters is 2. The molecule has 8 nitrogen and oxygen atoms in total. The maximum Gasteiger partial charge on any atom is 0.472 e. The van der Waals surface area contributed by atoms with Crippen LogP contribution >= 0.6 is 7.82 Å². The van der Waals surface area contributed by atoms with Crippen LogP contribution in [-0.2, 0) is 32.7 Å². The van der Waals surface area contributed by atoms with Gasteiger partial charge in [0.25, 0.3) is 0 Å². The number of unbranched alkanes of at least 4 members (excludes halogenated alkanes) is 18. The van der Waals surface area contributed by atoms with Crippen LogP contribution < -0.4 is 0 Å². The smallest absolute Gasteiger partial charge is 0.462 e. The van der Waals surface area contributed by atoms with E-state index >= 15 is 0 Å². The van der Waals surface area contributed by atoms with E-state index in [-0.39, 0.29) is 19.0 Å². The van der Waals surface area contributed by atoms with E-state index in [0.717, 1.165) is 71.3 Å². The van der Waals surface area contributed by atoms with Gasteiger partial charge in [-0.25, -0.2) is 4.57 Å². The zero-order chi connectivity index (χ0) is 35.4. The largest absolute Gasteiger partial charge is 0.472 e. The van der Waals surface area contributed by atoms with Gasteiger partial charge in [-0.2, -0.15) is 0 Å². The summed E-state index contributed by atoms with van der Waals surface area (Å²) in [6, 6.07) is 0. The van der Waals surface area contributed by atoms with Gasteiger partial charge in [-0.05, 0) is 44.9 Å². The molecule has 0 amide bonds. The number of ether oxygens (including phenoxy) is 2. The Morgan fingerprint density at radius 3 is 1.58 bits per heavy atom. The summed E-state index contributed by atoms with van der Waals surface area (Å²) in [6.45, 7) is 3.76. The van der Waals surface area contributed by atoms with Crippen LogP contribution in [0.15, 0.2) is 36.5 Å². The van der Waals surface area contributed by atoms with Crippen molar-refractivity contribution in [1.82, 2.24) is 0 Å². The second-order valence-corrected chi connectivity index (χ2v) is 14.2. The molecule has 0 aromatic carbocycles. The van der Waals surface area contributed by atoms with Crippen molar-refractivity contribution in [2.75, 3.05) is 20.3 Å². The molecule has 2 atom stereocenters. The summed E-state index contributed by atoms with van der Waals surface area (Å²) in [7, 11) is -3.20. The Bertz CT molecular complexity index is 885. The molecule has 1 N–H and O–H groups in total. The van der Waals surface area contributed by atoms with Crippen LogP contribution in [0.5, 0.6) is 0 Å². The molecule has 2 unspecified atom stereocenters. The highest BCUT2D eigenvalue weighted by molar-refractivity contribution is 7.47. The Kier molecular flexibility index (Phi) is 33.8. The maximum absolute atomic E-state index is 12.5. The maximum atomic E-state index is 12.5. The lowest BCUT2D eigenvalue weighted by Crippen LogP contribution is -2.29. The van der Waals surface area contributed by atoms with Crippen LogP contribution in [-0.4, -0.2) is 43.3 Å². The first kappa shape index (κ1) is 46.3. The SMILES string of the molecule is CC/C=C\C/C=C\C/C=C\CCCCCCCCCC(=O)OC(COC(=O)CCCCCCCCCCCCCC)COP(=O)(O)OC. The van der Waals surface area contributed by atoms with Gasteiger partial charge in [-0.15, -0.1) is 0 Å². The number of hydrogen-bond acceptors (Lipinski definition) is 7. The van der Waals surface area contributed by atoms with E-state index in [1.165, 1.54) is 77.0 Å². The molecule has 0 radical (unpaired) electrons. The quantitative estimate of drug-likeness (QED) is 0.0301. The van der Waals surface area contributed by atoms with E-state index in [4.69, 9.17) is 14.0 Å². The second kappa shape index (κ2) is 35.1. The summed E-state index contributed by atoms with van der Waals surface area (Å²) in [5, 5.41) is 0. The summed E-state index contributed by atoms with van der Waals surface area (Å²) < 4.78 is 31.9. The van der Waals surface area contributed by atoms with E-state index in [1.807, 2.05) is 0 Å². The van der Waals surface area contributed by atoms with E-state index in [9.17, 15) is 19.0 Å². The van der Waals surface area contributed by atoms with Gasteiger partial charge in [0.2, 0.25) is 0 Å². The summed E-state index contributed by atoms with van der Waals surface area (Å²) >= 11 is 0. The lowest BCUT2D eigenvalue weighted by atomic mass is 10.0. The van der Waals surface area contributed by atoms with Crippen molar-refractivity contribution >= 4 is 19.8 Å². The highest BCUT2D eigenvalue weighted by atomic mass is 31.2. The third-order valence-electron chi connectivity index (χ3n) is 8.15. The average Bonchev–Trinajstić information content (AvgIpc) is 3.07. The Hall–Kier alpha value is -1.73. The minimum absolute atomic E-state index is 0.227. The number of carbonyl (C=O) groups excluding carboxylic acids is 2. The average molecular weight is 699 g/mol. The second-order valence-electron chi connectivity index (χ2n) is 12.7. The van der Waals surface area contributed by atoms with Crippen molar-refractivity contribution < 1.29 is 37.6 Å². The predicted octanol–water partition coefficient (Wildman–Crippen LogP) is 11.7. The molecule has 0 aromatic heterocycles. The van der Waals surface area contributed by atoms with Gasteiger partial charge in [0.05, 0.1) is 6.61 Å². The van der Waals surface area contributed by atoms with Gasteiger partial charge in [0.1, 0.15) is 6.61 Å². The van der Waals surface area contributed by atoms with Crippen LogP contribution in [0.3, 0.4) is 0 Å². The Morgan fingerprint density at radius 1 is 0.604 bits per heavy atom. The molecule has 0 aliphatic rings. The monoisotopic (exact) mass is 698 g/mol. The predicted molar refractivity (Wildman–Crippen MR) is 198 cm³/mol. The van der Waals surface area contributed by atoms with Gasteiger partial charge in [0, 0.05) is 20.0 Å². The van der Waals surface area contributed by atoms with Crippen molar-refractivity contribution in [3.63, 3.8) is 0 Å². The molecule has 280 valence electrons. The number of hydrogen-bond donors (Lipinski definition) is 1. The molecule has 0 spiro atoms. The van der Waals surface area contributed by atoms with Crippen LogP contribution in [0.25, 0.3) is 0 Å². The number of rotatable bonds is 35. The molecule has 0 saturated heterocycles. The highest BCUT2D eigenvalue weighted by Crippen LogP contribution is 2.42. The van der Waals surface area contributed by atoms with Crippen molar-refractivity contribution in [1.29, 1.82) is 0 Å². The lowest BCUT2D eigenvalue weighted by molar-refractivity contribution is -0.161. The van der Waals surface area contributed by atoms with Crippen molar-refractivity contribution in [2.45, 2.75) is 180 Å². The van der Waals surface area contributed by atoms with E-state index in [1.54, 1.807) is 0 Å². The number of carbonyl (C=O) groups is 2. The molecule has 48 heavy (non-hydrogen) atoms. The van der Waals surface area contributed by atoms with Gasteiger partial charge >= 0.3 is 19.8 Å². The van der Waals surface area contributed by atoms with Crippen molar-refractivity contribution in [3.8, 4) is 0 Å². The molecule has 0 aliphatic carbocycles. The molecular weight excluding hydrogens is 627 g/mol. The van der Waals surface area contributed by atoms with Gasteiger partial charge in [0.15, 0.2) is 6.10 Å². The molecule has 0 aromatic rings. The summed E-state index contributed by atoms with van der Waals surface area (Å²) in [6.07, 6.45) is 39.0. The van der Waals surface area contributed by atoms with Crippen molar-refractivity contribution in [2.24, 2.45) is 0 Å². The van der Waals surface area contributed by atoms with E-state index < -0.39 is 26.5 Å². The number of phosphoric acid groups is 1. The standard InChI is InChI=1S/C39H71O8P/c1-4-6-8-10-12-14-16-18-19-20-21-22-24-26-28-30-32-34-39(41)47-37(36-46-48(42,43)44-3)35-45-38(40)33-31-29-27-25-23-17-15-13-11-9-7-5-2/h6,8,12,14,18-19,37H,4-5,7,9-11,13,15-17,20-36H2,1-3H3,(H,42,43)/b8-6-,14-12-,19-18-. The first-order valence-electron chi connectivity index (χ1n) is 19.2. The minimum atomic E-state index is -4.26. The molecule has 0 fully saturated rings. The van der Waals surface area contributed by atoms with Crippen LogP contribution in [0, 0.1) is 0 Å². The van der Waals surface area contributed by atoms with Gasteiger partial charge < -0.3 is 14.4 Å². The number of phosphoric ester groups is 1. The fourth-order valence-corrected chi connectivity index (χ4v) is 5.66. The Morgan fingerprint density at radius 2 is 1.06 bits per heavy atom. The van der Waals surface area contributed by atoms with Crippen LogP contribution in [0.2, 0.25) is 0 Å². The fraction of sp³-hybridized carbons (Fsp3) is 0.795. The van der Waals surface area contributed by atoms with Gasteiger partial charge in [-0.1, -0.05) is 153 Å². The van der Waals surface area contributed by atoms with E-state index in [0.29, 0.717) is 12.8 Å².